The van der Waals surface area contributed by atoms with Gasteiger partial charge in [0.05, 0.1) is 23.2 Å². The highest BCUT2D eigenvalue weighted by Gasteiger charge is 2.09. The van der Waals surface area contributed by atoms with Crippen molar-refractivity contribution >= 4 is 31.9 Å². The minimum Gasteiger partial charge on any atom is -0.496 e. The van der Waals surface area contributed by atoms with Crippen LogP contribution in [0.15, 0.2) is 45.3 Å². The molecule has 0 bridgehead atoms. The predicted molar refractivity (Wildman–Crippen MR) is 88.8 cm³/mol. The number of ether oxygens (including phenoxy) is 2. The fourth-order valence-electron chi connectivity index (χ4n) is 2.08. The van der Waals surface area contributed by atoms with Crippen molar-refractivity contribution in [2.75, 3.05) is 14.2 Å². The number of hydrogen-bond donors (Lipinski definition) is 0. The molecule has 0 saturated carbocycles. The number of hydrogen-bond acceptors (Lipinski definition) is 2. The van der Waals surface area contributed by atoms with E-state index in [9.17, 15) is 0 Å². The summed E-state index contributed by atoms with van der Waals surface area (Å²) in [6.07, 6.45) is 1.87. The van der Waals surface area contributed by atoms with Gasteiger partial charge in [-0.25, -0.2) is 0 Å². The monoisotopic (exact) mass is 398 g/mol. The van der Waals surface area contributed by atoms with Gasteiger partial charge in [-0.3, -0.25) is 0 Å². The lowest BCUT2D eigenvalue weighted by molar-refractivity contribution is 0.411. The van der Waals surface area contributed by atoms with Gasteiger partial charge in [-0.1, -0.05) is 24.3 Å². The van der Waals surface area contributed by atoms with Crippen molar-refractivity contribution in [3.8, 4) is 11.5 Å². The summed E-state index contributed by atoms with van der Waals surface area (Å²) in [5.41, 5.74) is 2.47. The average Bonchev–Trinajstić information content (AvgIpc) is 2.47. The molecule has 4 heteroatoms. The van der Waals surface area contributed by atoms with Gasteiger partial charge < -0.3 is 9.47 Å². The molecule has 0 fully saturated rings. The Kier molecular flexibility index (Phi) is 5.49. The molecule has 2 rings (SSSR count). The third kappa shape index (κ3) is 3.36. The van der Waals surface area contributed by atoms with Crippen molar-refractivity contribution in [3.05, 3.63) is 56.5 Å². The van der Waals surface area contributed by atoms with E-state index in [0.29, 0.717) is 0 Å². The Hall–Kier alpha value is -1.00. The summed E-state index contributed by atoms with van der Waals surface area (Å²) in [4.78, 5) is 0. The quantitative estimate of drug-likeness (QED) is 0.703. The predicted octanol–water partition coefficient (Wildman–Crippen LogP) is 5.01. The summed E-state index contributed by atoms with van der Waals surface area (Å²) in [5, 5.41) is 0. The Morgan fingerprint density at radius 2 is 1.15 bits per heavy atom. The van der Waals surface area contributed by atoms with Gasteiger partial charge in [0, 0.05) is 0 Å². The number of halogens is 2. The third-order valence-electron chi connectivity index (χ3n) is 3.19. The standard InChI is InChI=1S/C16H16Br2O2/c1-19-13-7-3-5-11(15(13)17)9-10-12-6-4-8-14(20-2)16(12)18/h3-8H,9-10H2,1-2H3. The van der Waals surface area contributed by atoms with Crippen LogP contribution >= 0.6 is 31.9 Å². The van der Waals surface area contributed by atoms with E-state index < -0.39 is 0 Å². The van der Waals surface area contributed by atoms with Crippen molar-refractivity contribution in [2.45, 2.75) is 12.8 Å². The summed E-state index contributed by atoms with van der Waals surface area (Å²) in [6.45, 7) is 0. The first-order chi connectivity index (χ1) is 9.67. The van der Waals surface area contributed by atoms with Crippen LogP contribution in [0.25, 0.3) is 0 Å². The van der Waals surface area contributed by atoms with Crippen LogP contribution in [0, 0.1) is 0 Å². The van der Waals surface area contributed by atoms with Crippen LogP contribution in [-0.2, 0) is 12.8 Å². The van der Waals surface area contributed by atoms with Crippen molar-refractivity contribution in [3.63, 3.8) is 0 Å². The maximum atomic E-state index is 5.32. The summed E-state index contributed by atoms with van der Waals surface area (Å²) in [5.74, 6) is 1.74. The van der Waals surface area contributed by atoms with Crippen LogP contribution in [0.3, 0.4) is 0 Å². The smallest absolute Gasteiger partial charge is 0.133 e. The highest BCUT2D eigenvalue weighted by atomic mass is 79.9. The lowest BCUT2D eigenvalue weighted by Gasteiger charge is -2.11. The molecule has 0 spiro atoms. The van der Waals surface area contributed by atoms with Crippen molar-refractivity contribution in [2.24, 2.45) is 0 Å². The molecule has 0 unspecified atom stereocenters. The first-order valence-corrected chi connectivity index (χ1v) is 7.88. The van der Waals surface area contributed by atoms with Gasteiger partial charge in [0.15, 0.2) is 0 Å². The van der Waals surface area contributed by atoms with Crippen LogP contribution in [0.2, 0.25) is 0 Å². The fourth-order valence-corrected chi connectivity index (χ4v) is 3.33. The number of methoxy groups -OCH3 is 2. The van der Waals surface area contributed by atoms with Crippen molar-refractivity contribution < 1.29 is 9.47 Å². The number of rotatable bonds is 5. The van der Waals surface area contributed by atoms with Crippen LogP contribution in [0.5, 0.6) is 11.5 Å². The first-order valence-electron chi connectivity index (χ1n) is 6.30. The zero-order valence-corrected chi connectivity index (χ0v) is 14.6. The van der Waals surface area contributed by atoms with Crippen molar-refractivity contribution in [1.29, 1.82) is 0 Å². The van der Waals surface area contributed by atoms with E-state index >= 15 is 0 Å². The summed E-state index contributed by atoms with van der Waals surface area (Å²) >= 11 is 7.20. The van der Waals surface area contributed by atoms with E-state index in [1.54, 1.807) is 14.2 Å². The molecule has 2 aromatic carbocycles. The van der Waals surface area contributed by atoms with E-state index in [1.807, 2.05) is 24.3 Å². The molecule has 0 amide bonds. The lowest BCUT2D eigenvalue weighted by atomic mass is 10.0. The average molecular weight is 400 g/mol. The molecule has 2 nitrogen and oxygen atoms in total. The number of benzene rings is 2. The molecule has 0 aliphatic rings. The second-order valence-electron chi connectivity index (χ2n) is 4.37. The summed E-state index contributed by atoms with van der Waals surface area (Å²) in [7, 11) is 3.37. The lowest BCUT2D eigenvalue weighted by Crippen LogP contribution is -1.96. The SMILES string of the molecule is COc1cccc(CCc2cccc(OC)c2Br)c1Br. The van der Waals surface area contributed by atoms with E-state index in [4.69, 9.17) is 9.47 Å². The molecule has 0 atom stereocenters. The van der Waals surface area contributed by atoms with E-state index in [2.05, 4.69) is 44.0 Å². The van der Waals surface area contributed by atoms with Gasteiger partial charge in [0.1, 0.15) is 11.5 Å². The summed E-state index contributed by atoms with van der Waals surface area (Å²) < 4.78 is 12.7. The molecule has 0 saturated heterocycles. The maximum absolute atomic E-state index is 5.32. The van der Waals surface area contributed by atoms with Crippen LogP contribution < -0.4 is 9.47 Å². The molecular formula is C16H16Br2O2. The van der Waals surface area contributed by atoms with Gasteiger partial charge in [-0.2, -0.15) is 0 Å². The largest absolute Gasteiger partial charge is 0.496 e. The zero-order valence-electron chi connectivity index (χ0n) is 11.5. The minimum absolute atomic E-state index is 0.868. The zero-order chi connectivity index (χ0) is 14.5. The van der Waals surface area contributed by atoms with Crippen LogP contribution in [0.1, 0.15) is 11.1 Å². The van der Waals surface area contributed by atoms with Gasteiger partial charge in [0.25, 0.3) is 0 Å². The Bertz CT molecular complexity index is 544. The molecule has 0 aliphatic heterocycles. The maximum Gasteiger partial charge on any atom is 0.133 e. The van der Waals surface area contributed by atoms with Crippen LogP contribution in [0.4, 0.5) is 0 Å². The molecule has 0 heterocycles. The highest BCUT2D eigenvalue weighted by molar-refractivity contribution is 9.11. The number of aryl methyl sites for hydroxylation is 2. The Morgan fingerprint density at radius 1 is 0.750 bits per heavy atom. The molecule has 2 aromatic rings. The second kappa shape index (κ2) is 7.14. The topological polar surface area (TPSA) is 18.5 Å². The molecule has 0 N–H and O–H groups in total. The highest BCUT2D eigenvalue weighted by Crippen LogP contribution is 2.32. The first kappa shape index (κ1) is 15.4. The molecule has 0 radical (unpaired) electrons. The van der Waals surface area contributed by atoms with E-state index in [0.717, 1.165) is 33.3 Å². The van der Waals surface area contributed by atoms with Gasteiger partial charge in [-0.15, -0.1) is 0 Å². The minimum atomic E-state index is 0.868. The molecular weight excluding hydrogens is 384 g/mol. The fraction of sp³-hybridized carbons (Fsp3) is 0.250. The Labute approximate surface area is 136 Å². The normalized spacial score (nSPS) is 10.4. The van der Waals surface area contributed by atoms with Gasteiger partial charge in [-0.05, 0) is 68.0 Å². The van der Waals surface area contributed by atoms with Crippen molar-refractivity contribution in [1.82, 2.24) is 0 Å². The Balaban J connectivity index is 2.17. The molecule has 0 aromatic heterocycles. The molecule has 20 heavy (non-hydrogen) atoms. The Morgan fingerprint density at radius 3 is 1.50 bits per heavy atom. The van der Waals surface area contributed by atoms with E-state index in [-0.39, 0.29) is 0 Å². The van der Waals surface area contributed by atoms with Gasteiger partial charge in [0.2, 0.25) is 0 Å². The molecule has 106 valence electrons. The van der Waals surface area contributed by atoms with E-state index in [1.165, 1.54) is 11.1 Å². The second-order valence-corrected chi connectivity index (χ2v) is 5.95. The van der Waals surface area contributed by atoms with Gasteiger partial charge >= 0.3 is 0 Å². The molecule has 0 aliphatic carbocycles. The third-order valence-corrected chi connectivity index (χ3v) is 4.99. The summed E-state index contributed by atoms with van der Waals surface area (Å²) in [6, 6.07) is 12.2. The van der Waals surface area contributed by atoms with Crippen LogP contribution in [-0.4, -0.2) is 14.2 Å².